The Labute approximate surface area is 109 Å². The second-order valence-electron chi connectivity index (χ2n) is 4.33. The first-order valence-electron chi connectivity index (χ1n) is 5.41. The third kappa shape index (κ3) is 2.89. The van der Waals surface area contributed by atoms with Crippen molar-refractivity contribution in [2.75, 3.05) is 20.1 Å². The zero-order chi connectivity index (χ0) is 13.3. The van der Waals surface area contributed by atoms with Gasteiger partial charge < -0.3 is 10.0 Å². The van der Waals surface area contributed by atoms with Crippen molar-refractivity contribution in [3.05, 3.63) is 17.0 Å². The van der Waals surface area contributed by atoms with Crippen LogP contribution in [0.15, 0.2) is 15.7 Å². The number of aromatic carboxylic acids is 1. The third-order valence-corrected chi connectivity index (χ3v) is 5.76. The van der Waals surface area contributed by atoms with E-state index in [2.05, 4.69) is 4.72 Å². The highest BCUT2D eigenvalue weighted by atomic mass is 32.2. The number of thiophene rings is 1. The molecular weight excluding hydrogens is 276 g/mol. The van der Waals surface area contributed by atoms with Gasteiger partial charge in [0.1, 0.15) is 4.21 Å². The number of hydrogen-bond donors (Lipinski definition) is 2. The summed E-state index contributed by atoms with van der Waals surface area (Å²) < 4.78 is 26.7. The van der Waals surface area contributed by atoms with Crippen molar-refractivity contribution >= 4 is 27.3 Å². The minimum atomic E-state index is -3.60. The van der Waals surface area contributed by atoms with Crippen LogP contribution in [0.25, 0.3) is 0 Å². The maximum atomic E-state index is 12.0. The predicted octanol–water partition coefficient (Wildman–Crippen LogP) is 0.429. The van der Waals surface area contributed by atoms with E-state index in [1.54, 1.807) is 0 Å². The van der Waals surface area contributed by atoms with Crippen molar-refractivity contribution in [2.45, 2.75) is 16.7 Å². The fourth-order valence-electron chi connectivity index (χ4n) is 1.88. The highest BCUT2D eigenvalue weighted by Gasteiger charge is 2.26. The summed E-state index contributed by atoms with van der Waals surface area (Å²) >= 11 is 0.924. The van der Waals surface area contributed by atoms with Gasteiger partial charge in [0, 0.05) is 18.0 Å². The second kappa shape index (κ2) is 4.96. The van der Waals surface area contributed by atoms with Crippen LogP contribution in [0.4, 0.5) is 0 Å². The van der Waals surface area contributed by atoms with E-state index in [-0.39, 0.29) is 15.8 Å². The maximum Gasteiger partial charge on any atom is 0.336 e. The van der Waals surface area contributed by atoms with Crippen LogP contribution in [0.2, 0.25) is 0 Å². The molecule has 0 saturated carbocycles. The van der Waals surface area contributed by atoms with E-state index in [9.17, 15) is 13.2 Å². The number of likely N-dealkylation sites (tertiary alicyclic amines) is 1. The minimum Gasteiger partial charge on any atom is -0.478 e. The number of carboxylic acid groups (broad SMARTS) is 1. The minimum absolute atomic E-state index is 0.00362. The molecule has 1 fully saturated rings. The van der Waals surface area contributed by atoms with Crippen LogP contribution in [0.5, 0.6) is 0 Å². The number of carboxylic acids is 1. The molecule has 0 amide bonds. The van der Waals surface area contributed by atoms with Crippen LogP contribution in [0.1, 0.15) is 16.8 Å². The molecule has 100 valence electrons. The van der Waals surface area contributed by atoms with Gasteiger partial charge in [-0.1, -0.05) is 0 Å². The predicted molar refractivity (Wildman–Crippen MR) is 67.5 cm³/mol. The van der Waals surface area contributed by atoms with Gasteiger partial charge in [0.15, 0.2) is 0 Å². The van der Waals surface area contributed by atoms with Crippen molar-refractivity contribution < 1.29 is 18.3 Å². The average Bonchev–Trinajstić information content (AvgIpc) is 2.86. The average molecular weight is 290 g/mol. The van der Waals surface area contributed by atoms with E-state index in [0.29, 0.717) is 6.54 Å². The fraction of sp³-hybridized carbons (Fsp3) is 0.500. The quantitative estimate of drug-likeness (QED) is 0.839. The Bertz CT molecular complexity index is 552. The molecule has 1 aromatic rings. The highest BCUT2D eigenvalue weighted by molar-refractivity contribution is 7.91. The largest absolute Gasteiger partial charge is 0.478 e. The summed E-state index contributed by atoms with van der Waals surface area (Å²) in [5, 5.41) is 10.1. The van der Waals surface area contributed by atoms with Gasteiger partial charge >= 0.3 is 5.97 Å². The standard InChI is InChI=1S/C10H14N2O4S2/c1-12-3-2-8(5-12)11-18(15,16)9-4-7(6-17-9)10(13)14/h4,6,8,11H,2-3,5H2,1H3,(H,13,14). The Kier molecular flexibility index (Phi) is 3.71. The molecule has 0 radical (unpaired) electrons. The van der Waals surface area contributed by atoms with Crippen molar-refractivity contribution in [3.8, 4) is 0 Å². The summed E-state index contributed by atoms with van der Waals surface area (Å²) in [6.07, 6.45) is 0.771. The maximum absolute atomic E-state index is 12.0. The van der Waals surface area contributed by atoms with Gasteiger partial charge in [-0.25, -0.2) is 17.9 Å². The molecular formula is C10H14N2O4S2. The van der Waals surface area contributed by atoms with E-state index in [4.69, 9.17) is 5.11 Å². The van der Waals surface area contributed by atoms with E-state index in [0.717, 1.165) is 24.3 Å². The van der Waals surface area contributed by atoms with Gasteiger partial charge in [0.2, 0.25) is 10.0 Å². The Balaban J connectivity index is 2.12. The summed E-state index contributed by atoms with van der Waals surface area (Å²) in [5.41, 5.74) is 0.00362. The number of sulfonamides is 1. The Morgan fingerprint density at radius 3 is 2.83 bits per heavy atom. The van der Waals surface area contributed by atoms with Crippen LogP contribution < -0.4 is 4.72 Å². The molecule has 1 unspecified atom stereocenters. The molecule has 2 rings (SSSR count). The van der Waals surface area contributed by atoms with Crippen LogP contribution in [-0.2, 0) is 10.0 Å². The molecule has 18 heavy (non-hydrogen) atoms. The van der Waals surface area contributed by atoms with Crippen LogP contribution >= 0.6 is 11.3 Å². The Morgan fingerprint density at radius 2 is 2.33 bits per heavy atom. The van der Waals surface area contributed by atoms with Gasteiger partial charge in [-0.2, -0.15) is 0 Å². The summed E-state index contributed by atoms with van der Waals surface area (Å²) in [6, 6.07) is 1.09. The second-order valence-corrected chi connectivity index (χ2v) is 7.18. The molecule has 1 aromatic heterocycles. The van der Waals surface area contributed by atoms with Crippen LogP contribution in [-0.4, -0.2) is 50.6 Å². The van der Waals surface area contributed by atoms with Crippen molar-refractivity contribution in [3.63, 3.8) is 0 Å². The normalized spacial score (nSPS) is 21.3. The van der Waals surface area contributed by atoms with E-state index < -0.39 is 16.0 Å². The topological polar surface area (TPSA) is 86.7 Å². The lowest BCUT2D eigenvalue weighted by Crippen LogP contribution is -2.36. The van der Waals surface area contributed by atoms with Gasteiger partial charge in [-0.05, 0) is 26.1 Å². The molecule has 1 saturated heterocycles. The van der Waals surface area contributed by atoms with Gasteiger partial charge in [-0.3, -0.25) is 0 Å². The molecule has 8 heteroatoms. The molecule has 2 heterocycles. The van der Waals surface area contributed by atoms with Gasteiger partial charge in [0.25, 0.3) is 0 Å². The Morgan fingerprint density at radius 1 is 1.61 bits per heavy atom. The number of carbonyl (C=O) groups is 1. The summed E-state index contributed by atoms with van der Waals surface area (Å²) in [4.78, 5) is 12.8. The molecule has 0 aromatic carbocycles. The lowest BCUT2D eigenvalue weighted by molar-refractivity contribution is 0.0697. The van der Waals surface area contributed by atoms with Crippen LogP contribution in [0.3, 0.4) is 0 Å². The number of hydrogen-bond acceptors (Lipinski definition) is 5. The smallest absolute Gasteiger partial charge is 0.336 e. The summed E-state index contributed by atoms with van der Waals surface area (Å²) in [6.45, 7) is 1.54. The summed E-state index contributed by atoms with van der Waals surface area (Å²) in [7, 11) is -1.67. The number of nitrogens with one attached hydrogen (secondary N) is 1. The van der Waals surface area contributed by atoms with Crippen LogP contribution in [0, 0.1) is 0 Å². The Hall–Kier alpha value is -0.960. The van der Waals surface area contributed by atoms with E-state index in [1.807, 2.05) is 11.9 Å². The third-order valence-electron chi connectivity index (χ3n) is 2.80. The molecule has 0 aliphatic carbocycles. The number of nitrogens with zero attached hydrogens (tertiary/aromatic N) is 1. The van der Waals surface area contributed by atoms with Gasteiger partial charge in [-0.15, -0.1) is 11.3 Å². The molecule has 1 aliphatic heterocycles. The number of rotatable bonds is 4. The molecule has 0 spiro atoms. The van der Waals surface area contributed by atoms with Crippen molar-refractivity contribution in [1.29, 1.82) is 0 Å². The zero-order valence-electron chi connectivity index (χ0n) is 9.79. The summed E-state index contributed by atoms with van der Waals surface area (Å²) in [5.74, 6) is -1.12. The lowest BCUT2D eigenvalue weighted by Gasteiger charge is -2.11. The van der Waals surface area contributed by atoms with E-state index >= 15 is 0 Å². The highest BCUT2D eigenvalue weighted by Crippen LogP contribution is 2.21. The molecule has 6 nitrogen and oxygen atoms in total. The lowest BCUT2D eigenvalue weighted by atomic mass is 10.3. The number of likely N-dealkylation sites (N-methyl/N-ethyl adjacent to an activating group) is 1. The van der Waals surface area contributed by atoms with E-state index in [1.165, 1.54) is 11.4 Å². The first kappa shape index (κ1) is 13.5. The molecule has 0 bridgehead atoms. The molecule has 1 atom stereocenters. The first-order chi connectivity index (χ1) is 8.38. The van der Waals surface area contributed by atoms with Crippen molar-refractivity contribution in [1.82, 2.24) is 9.62 Å². The fourth-order valence-corrected chi connectivity index (χ4v) is 4.31. The van der Waals surface area contributed by atoms with Crippen molar-refractivity contribution in [2.24, 2.45) is 0 Å². The molecule has 1 aliphatic rings. The van der Waals surface area contributed by atoms with Gasteiger partial charge in [0.05, 0.1) is 5.56 Å². The molecule has 2 N–H and O–H groups in total. The SMILES string of the molecule is CN1CCC(NS(=O)(=O)c2cc(C(=O)O)cs2)C1. The zero-order valence-corrected chi connectivity index (χ0v) is 11.4. The monoisotopic (exact) mass is 290 g/mol. The first-order valence-corrected chi connectivity index (χ1v) is 7.77.